The summed E-state index contributed by atoms with van der Waals surface area (Å²) < 4.78 is 0. The van der Waals surface area contributed by atoms with Crippen LogP contribution in [-0.2, 0) is 4.79 Å². The molecule has 3 rings (SSSR count). The van der Waals surface area contributed by atoms with Crippen molar-refractivity contribution < 1.29 is 4.79 Å². The molecule has 0 unspecified atom stereocenters. The minimum atomic E-state index is 0.0838. The van der Waals surface area contributed by atoms with Crippen LogP contribution in [-0.4, -0.2) is 24.0 Å². The molecule has 0 spiro atoms. The van der Waals surface area contributed by atoms with Gasteiger partial charge in [0, 0.05) is 18.0 Å². The van der Waals surface area contributed by atoms with Crippen LogP contribution in [0.5, 0.6) is 0 Å². The summed E-state index contributed by atoms with van der Waals surface area (Å²) in [6.07, 6.45) is 2.36. The van der Waals surface area contributed by atoms with Crippen molar-refractivity contribution in [2.45, 2.75) is 13.3 Å². The second-order valence-corrected chi connectivity index (χ2v) is 5.11. The van der Waals surface area contributed by atoms with Gasteiger partial charge in [0.2, 0.25) is 5.91 Å². The average Bonchev–Trinajstić information content (AvgIpc) is 2.38. The van der Waals surface area contributed by atoms with Crippen molar-refractivity contribution in [3.05, 3.63) is 36.0 Å². The van der Waals surface area contributed by atoms with Gasteiger partial charge in [0.25, 0.3) is 0 Å². The third-order valence-electron chi connectivity index (χ3n) is 3.59. The summed E-state index contributed by atoms with van der Waals surface area (Å²) in [4.78, 5) is 16.4. The molecule has 2 N–H and O–H groups in total. The van der Waals surface area contributed by atoms with Crippen LogP contribution in [0.1, 0.15) is 12.0 Å². The summed E-state index contributed by atoms with van der Waals surface area (Å²) >= 11 is 0. The van der Waals surface area contributed by atoms with E-state index in [1.165, 1.54) is 0 Å². The normalized spacial score (nSPS) is 15.2. The van der Waals surface area contributed by atoms with Crippen molar-refractivity contribution in [1.82, 2.24) is 10.3 Å². The number of rotatable bonds is 3. The van der Waals surface area contributed by atoms with Gasteiger partial charge < -0.3 is 10.6 Å². The standard InChI is InChI=1S/C15H17N3O/c1-10-4-5-13(12-3-2-6-17-15(10)12)18-14(19)7-11-8-16-9-11/h2-6,11,16H,7-9H2,1H3,(H,18,19). The lowest BCUT2D eigenvalue weighted by molar-refractivity contribution is -0.117. The van der Waals surface area contributed by atoms with Crippen LogP contribution in [0.4, 0.5) is 5.69 Å². The molecule has 0 atom stereocenters. The number of carbonyl (C=O) groups is 1. The molecule has 2 heterocycles. The number of hydrogen-bond acceptors (Lipinski definition) is 3. The first-order valence-electron chi connectivity index (χ1n) is 6.59. The van der Waals surface area contributed by atoms with Crippen molar-refractivity contribution in [3.8, 4) is 0 Å². The molecule has 4 nitrogen and oxygen atoms in total. The highest BCUT2D eigenvalue weighted by Gasteiger charge is 2.20. The van der Waals surface area contributed by atoms with Gasteiger partial charge in [-0.3, -0.25) is 9.78 Å². The Hall–Kier alpha value is -1.94. The van der Waals surface area contributed by atoms with Crippen LogP contribution in [0, 0.1) is 12.8 Å². The predicted octanol–water partition coefficient (Wildman–Crippen LogP) is 2.09. The molecule has 0 saturated carbocycles. The molecule has 1 aliphatic rings. The number of carbonyl (C=O) groups excluding carboxylic acids is 1. The summed E-state index contributed by atoms with van der Waals surface area (Å²) in [5.74, 6) is 0.565. The van der Waals surface area contributed by atoms with E-state index in [2.05, 4.69) is 15.6 Å². The largest absolute Gasteiger partial charge is 0.325 e. The molecule has 0 bridgehead atoms. The Bertz CT molecular complexity index is 620. The van der Waals surface area contributed by atoms with E-state index in [9.17, 15) is 4.79 Å². The zero-order valence-electron chi connectivity index (χ0n) is 10.9. The van der Waals surface area contributed by atoms with Crippen LogP contribution in [0.2, 0.25) is 0 Å². The van der Waals surface area contributed by atoms with E-state index in [1.54, 1.807) is 6.20 Å². The summed E-state index contributed by atoms with van der Waals surface area (Å²) in [6.45, 7) is 3.92. The fraction of sp³-hybridized carbons (Fsp3) is 0.333. The van der Waals surface area contributed by atoms with Gasteiger partial charge in [-0.1, -0.05) is 6.07 Å². The number of hydrogen-bond donors (Lipinski definition) is 2. The number of benzene rings is 1. The SMILES string of the molecule is Cc1ccc(NC(=O)CC2CNC2)c2cccnc12. The van der Waals surface area contributed by atoms with Gasteiger partial charge in [0.15, 0.2) is 0 Å². The van der Waals surface area contributed by atoms with Crippen LogP contribution in [0.15, 0.2) is 30.5 Å². The number of fused-ring (bicyclic) bond motifs is 1. The topological polar surface area (TPSA) is 54.0 Å². The van der Waals surface area contributed by atoms with Crippen LogP contribution < -0.4 is 10.6 Å². The summed E-state index contributed by atoms with van der Waals surface area (Å²) in [5, 5.41) is 7.18. The van der Waals surface area contributed by atoms with E-state index < -0.39 is 0 Å². The Morgan fingerprint density at radius 3 is 3.00 bits per heavy atom. The summed E-state index contributed by atoms with van der Waals surface area (Å²) in [7, 11) is 0. The van der Waals surface area contributed by atoms with Gasteiger partial charge in [-0.2, -0.15) is 0 Å². The van der Waals surface area contributed by atoms with Crippen molar-refractivity contribution >= 4 is 22.5 Å². The van der Waals surface area contributed by atoms with Crippen molar-refractivity contribution in [2.24, 2.45) is 5.92 Å². The monoisotopic (exact) mass is 255 g/mol. The van der Waals surface area contributed by atoms with Gasteiger partial charge in [-0.15, -0.1) is 0 Å². The molecule has 1 amide bonds. The highest BCUT2D eigenvalue weighted by molar-refractivity contribution is 6.01. The second kappa shape index (κ2) is 4.97. The van der Waals surface area contributed by atoms with Gasteiger partial charge >= 0.3 is 0 Å². The van der Waals surface area contributed by atoms with Gasteiger partial charge in [0.1, 0.15) is 0 Å². The molecule has 2 aromatic rings. The molecule has 1 fully saturated rings. The first-order valence-corrected chi connectivity index (χ1v) is 6.59. The summed E-state index contributed by atoms with van der Waals surface area (Å²) in [5.41, 5.74) is 2.92. The quantitative estimate of drug-likeness (QED) is 0.883. The molecular formula is C15H17N3O. The Kier molecular flexibility index (Phi) is 3.17. The minimum Gasteiger partial charge on any atom is -0.325 e. The van der Waals surface area contributed by atoms with Crippen LogP contribution >= 0.6 is 0 Å². The van der Waals surface area contributed by atoms with Gasteiger partial charge in [-0.25, -0.2) is 0 Å². The minimum absolute atomic E-state index is 0.0838. The molecule has 4 heteroatoms. The van der Waals surface area contributed by atoms with Crippen molar-refractivity contribution in [1.29, 1.82) is 0 Å². The maximum Gasteiger partial charge on any atom is 0.224 e. The number of nitrogens with zero attached hydrogens (tertiary/aromatic N) is 1. The molecule has 1 aromatic heterocycles. The fourth-order valence-corrected chi connectivity index (χ4v) is 2.38. The lowest BCUT2D eigenvalue weighted by Crippen LogP contribution is -2.43. The Morgan fingerprint density at radius 2 is 2.26 bits per heavy atom. The Labute approximate surface area is 112 Å². The zero-order chi connectivity index (χ0) is 13.2. The molecule has 0 radical (unpaired) electrons. The van der Waals surface area contributed by atoms with E-state index in [0.29, 0.717) is 12.3 Å². The number of aromatic nitrogens is 1. The molecule has 0 aliphatic carbocycles. The molecular weight excluding hydrogens is 238 g/mol. The maximum absolute atomic E-state index is 12.0. The highest BCUT2D eigenvalue weighted by Crippen LogP contribution is 2.25. The number of aryl methyl sites for hydroxylation is 1. The number of anilines is 1. The average molecular weight is 255 g/mol. The van der Waals surface area contributed by atoms with E-state index in [0.717, 1.165) is 35.2 Å². The Balaban J connectivity index is 1.84. The highest BCUT2D eigenvalue weighted by atomic mass is 16.1. The maximum atomic E-state index is 12.0. The van der Waals surface area contributed by atoms with E-state index in [-0.39, 0.29) is 5.91 Å². The predicted molar refractivity (Wildman–Crippen MR) is 76.1 cm³/mol. The fourth-order valence-electron chi connectivity index (χ4n) is 2.38. The van der Waals surface area contributed by atoms with Gasteiger partial charge in [-0.05, 0) is 49.7 Å². The first kappa shape index (κ1) is 12.1. The molecule has 1 saturated heterocycles. The molecule has 1 aliphatic heterocycles. The third-order valence-corrected chi connectivity index (χ3v) is 3.59. The smallest absolute Gasteiger partial charge is 0.224 e. The molecule has 1 aromatic carbocycles. The van der Waals surface area contributed by atoms with Crippen molar-refractivity contribution in [3.63, 3.8) is 0 Å². The van der Waals surface area contributed by atoms with E-state index in [4.69, 9.17) is 0 Å². The van der Waals surface area contributed by atoms with E-state index >= 15 is 0 Å². The second-order valence-electron chi connectivity index (χ2n) is 5.11. The van der Waals surface area contributed by atoms with Gasteiger partial charge in [0.05, 0.1) is 11.2 Å². The molecule has 98 valence electrons. The molecule has 19 heavy (non-hydrogen) atoms. The number of pyridine rings is 1. The Morgan fingerprint density at radius 1 is 1.42 bits per heavy atom. The summed E-state index contributed by atoms with van der Waals surface area (Å²) in [6, 6.07) is 7.84. The zero-order valence-corrected chi connectivity index (χ0v) is 10.9. The van der Waals surface area contributed by atoms with Crippen LogP contribution in [0.3, 0.4) is 0 Å². The first-order chi connectivity index (χ1) is 9.24. The third kappa shape index (κ3) is 2.44. The number of nitrogens with one attached hydrogen (secondary N) is 2. The lowest BCUT2D eigenvalue weighted by Gasteiger charge is -2.26. The van der Waals surface area contributed by atoms with Crippen molar-refractivity contribution in [2.75, 3.05) is 18.4 Å². The van der Waals surface area contributed by atoms with Crippen LogP contribution in [0.25, 0.3) is 10.9 Å². The number of amides is 1. The lowest BCUT2D eigenvalue weighted by atomic mass is 9.99. The van der Waals surface area contributed by atoms with E-state index in [1.807, 2.05) is 31.2 Å².